The lowest BCUT2D eigenvalue weighted by molar-refractivity contribution is 0.0984. The molecule has 34 heavy (non-hydrogen) atoms. The Morgan fingerprint density at radius 3 is 2.56 bits per heavy atom. The van der Waals surface area contributed by atoms with Crippen LogP contribution in [0.15, 0.2) is 21.9 Å². The lowest BCUT2D eigenvalue weighted by Gasteiger charge is -2.26. The highest BCUT2D eigenvalue weighted by molar-refractivity contribution is 6.09. The normalized spacial score (nSPS) is 11.6. The Morgan fingerprint density at radius 1 is 1.24 bits per heavy atom. The summed E-state index contributed by atoms with van der Waals surface area (Å²) in [6, 6.07) is 1.88. The van der Waals surface area contributed by atoms with Gasteiger partial charge in [0, 0.05) is 24.5 Å². The molecule has 3 rings (SSSR count). The highest BCUT2D eigenvalue weighted by Gasteiger charge is 2.27. The summed E-state index contributed by atoms with van der Waals surface area (Å²) in [4.78, 5) is 47.5. The van der Waals surface area contributed by atoms with Crippen molar-refractivity contribution in [2.75, 3.05) is 17.2 Å². The maximum absolute atomic E-state index is 13.8. The van der Waals surface area contributed by atoms with Gasteiger partial charge in [0.1, 0.15) is 5.82 Å². The fraction of sp³-hybridized carbons (Fsp3) is 0.542. The van der Waals surface area contributed by atoms with E-state index < -0.39 is 11.2 Å². The Labute approximate surface area is 198 Å². The van der Waals surface area contributed by atoms with Gasteiger partial charge in [-0.25, -0.2) is 14.5 Å². The molecule has 0 unspecified atom stereocenters. The van der Waals surface area contributed by atoms with E-state index in [-0.39, 0.29) is 35.9 Å². The highest BCUT2D eigenvalue weighted by Crippen LogP contribution is 2.25. The van der Waals surface area contributed by atoms with Crippen molar-refractivity contribution in [2.45, 2.75) is 73.4 Å². The van der Waals surface area contributed by atoms with Crippen LogP contribution in [0.4, 0.5) is 11.5 Å². The molecule has 3 aromatic heterocycles. The van der Waals surface area contributed by atoms with E-state index in [1.54, 1.807) is 23.9 Å². The number of aromatic amines is 1. The number of anilines is 2. The first kappa shape index (κ1) is 25.2. The predicted octanol–water partition coefficient (Wildman–Crippen LogP) is 3.25. The van der Waals surface area contributed by atoms with Crippen LogP contribution in [-0.4, -0.2) is 36.8 Å². The van der Waals surface area contributed by atoms with Crippen LogP contribution in [0, 0.1) is 12.8 Å². The number of nitrogens with one attached hydrogen (secondary N) is 1. The van der Waals surface area contributed by atoms with Gasteiger partial charge in [-0.1, -0.05) is 27.2 Å². The van der Waals surface area contributed by atoms with Crippen molar-refractivity contribution in [3.05, 3.63) is 44.4 Å². The molecule has 3 heterocycles. The van der Waals surface area contributed by atoms with Crippen molar-refractivity contribution in [3.63, 3.8) is 0 Å². The molecule has 0 bridgehead atoms. The van der Waals surface area contributed by atoms with Crippen molar-refractivity contribution in [1.82, 2.24) is 24.3 Å². The van der Waals surface area contributed by atoms with Crippen LogP contribution in [0.3, 0.4) is 0 Å². The van der Waals surface area contributed by atoms with E-state index in [2.05, 4.69) is 15.1 Å². The van der Waals surface area contributed by atoms with Gasteiger partial charge in [-0.05, 0) is 45.6 Å². The molecule has 0 radical (unpaired) electrons. The van der Waals surface area contributed by atoms with Gasteiger partial charge in [0.05, 0.1) is 17.5 Å². The summed E-state index contributed by atoms with van der Waals surface area (Å²) >= 11 is 0. The summed E-state index contributed by atoms with van der Waals surface area (Å²) in [6.07, 6.45) is 3.90. The summed E-state index contributed by atoms with van der Waals surface area (Å²) in [5, 5.41) is 5.13. The van der Waals surface area contributed by atoms with Crippen molar-refractivity contribution in [3.8, 4) is 0 Å². The van der Waals surface area contributed by atoms with Crippen LogP contribution in [0.5, 0.6) is 0 Å². The number of fused-ring (bicyclic) bond motifs is 1. The molecule has 0 aliphatic rings. The Balaban J connectivity index is 2.16. The van der Waals surface area contributed by atoms with Gasteiger partial charge < -0.3 is 10.6 Å². The Bertz CT molecular complexity index is 1300. The van der Waals surface area contributed by atoms with Crippen molar-refractivity contribution >= 4 is 28.4 Å². The Morgan fingerprint density at radius 2 is 1.94 bits per heavy atom. The fourth-order valence-corrected chi connectivity index (χ4v) is 3.88. The predicted molar refractivity (Wildman–Crippen MR) is 134 cm³/mol. The molecule has 0 aliphatic carbocycles. The van der Waals surface area contributed by atoms with Gasteiger partial charge in [0.15, 0.2) is 11.3 Å². The first-order valence-corrected chi connectivity index (χ1v) is 11.9. The first-order valence-electron chi connectivity index (χ1n) is 11.9. The number of rotatable bonds is 9. The zero-order valence-corrected chi connectivity index (χ0v) is 20.9. The highest BCUT2D eigenvalue weighted by atomic mass is 16.2. The maximum atomic E-state index is 13.8. The van der Waals surface area contributed by atoms with Gasteiger partial charge >= 0.3 is 5.69 Å². The molecule has 0 aromatic carbocycles. The minimum Gasteiger partial charge on any atom is -0.383 e. The van der Waals surface area contributed by atoms with Crippen molar-refractivity contribution < 1.29 is 4.79 Å². The molecule has 10 heteroatoms. The fourth-order valence-electron chi connectivity index (χ4n) is 3.88. The number of hydrogen-bond acceptors (Lipinski definition) is 6. The summed E-state index contributed by atoms with van der Waals surface area (Å²) in [5.41, 5.74) is 6.68. The van der Waals surface area contributed by atoms with E-state index in [9.17, 15) is 14.4 Å². The summed E-state index contributed by atoms with van der Waals surface area (Å²) < 4.78 is 3.14. The quantitative estimate of drug-likeness (QED) is 0.494. The third-order valence-corrected chi connectivity index (χ3v) is 5.87. The number of nitrogens with zero attached hydrogens (tertiary/aromatic N) is 5. The number of unbranched alkanes of at least 4 members (excludes halogenated alkanes) is 1. The van der Waals surface area contributed by atoms with Gasteiger partial charge in [-0.2, -0.15) is 5.10 Å². The first-order chi connectivity index (χ1) is 16.1. The number of hydrogen-bond donors (Lipinski definition) is 2. The van der Waals surface area contributed by atoms with E-state index in [1.807, 2.05) is 34.6 Å². The second-order valence-corrected chi connectivity index (χ2v) is 9.35. The third-order valence-electron chi connectivity index (χ3n) is 5.87. The van der Waals surface area contributed by atoms with Crippen LogP contribution in [0.25, 0.3) is 11.0 Å². The number of aromatic nitrogens is 5. The van der Waals surface area contributed by atoms with E-state index in [1.165, 1.54) is 9.47 Å². The standard InChI is InChI=1S/C24H35N7O3/c1-7-8-10-30-20(25)19(22(32)28-24(30)34)29(11-9-14(2)3)23(33)18-12-17-13-26-31(15(4)5)21(17)27-16(18)6/h12-15H,7-11,25H2,1-6H3,(H,28,32,34). The molecule has 10 nitrogen and oxygen atoms in total. The van der Waals surface area contributed by atoms with Crippen LogP contribution < -0.4 is 21.9 Å². The monoisotopic (exact) mass is 469 g/mol. The molecule has 3 N–H and O–H groups in total. The molecule has 0 aliphatic heterocycles. The number of nitrogen functional groups attached to an aromatic ring is 1. The minimum atomic E-state index is -0.674. The largest absolute Gasteiger partial charge is 0.383 e. The van der Waals surface area contributed by atoms with Crippen LogP contribution >= 0.6 is 0 Å². The minimum absolute atomic E-state index is 0.00118. The molecule has 0 spiro atoms. The van der Waals surface area contributed by atoms with Gasteiger partial charge in [0.25, 0.3) is 11.5 Å². The lowest BCUT2D eigenvalue weighted by Crippen LogP contribution is -2.42. The molecule has 184 valence electrons. The second-order valence-electron chi connectivity index (χ2n) is 9.35. The number of aryl methyl sites for hydroxylation is 1. The molecule has 0 saturated carbocycles. The Kier molecular flexibility index (Phi) is 7.58. The van der Waals surface area contributed by atoms with Crippen LogP contribution in [0.2, 0.25) is 0 Å². The van der Waals surface area contributed by atoms with Gasteiger partial charge in [0.2, 0.25) is 0 Å². The van der Waals surface area contributed by atoms with Crippen LogP contribution in [0.1, 0.15) is 76.0 Å². The molecule has 3 aromatic rings. The molecular formula is C24H35N7O3. The summed E-state index contributed by atoms with van der Waals surface area (Å²) in [6.45, 7) is 12.5. The number of amides is 1. The van der Waals surface area contributed by atoms with E-state index in [0.717, 1.165) is 18.2 Å². The van der Waals surface area contributed by atoms with Gasteiger partial charge in [-0.15, -0.1) is 0 Å². The number of carbonyl (C=O) groups is 1. The number of nitrogens with two attached hydrogens (primary N) is 1. The average molecular weight is 470 g/mol. The van der Waals surface area contributed by atoms with Gasteiger partial charge in [-0.3, -0.25) is 19.1 Å². The number of H-pyrrole nitrogens is 1. The summed E-state index contributed by atoms with van der Waals surface area (Å²) in [5.74, 6) is -0.103. The van der Waals surface area contributed by atoms with E-state index in [0.29, 0.717) is 29.9 Å². The molecule has 1 amide bonds. The zero-order valence-electron chi connectivity index (χ0n) is 20.9. The van der Waals surface area contributed by atoms with Crippen molar-refractivity contribution in [2.24, 2.45) is 5.92 Å². The smallest absolute Gasteiger partial charge is 0.330 e. The molecular weight excluding hydrogens is 434 g/mol. The second kappa shape index (κ2) is 10.2. The Hall–Kier alpha value is -3.43. The van der Waals surface area contributed by atoms with E-state index >= 15 is 0 Å². The SMILES string of the molecule is CCCCn1c(N)c(N(CCC(C)C)C(=O)c2cc3cnn(C(C)C)c3nc2C)c(=O)[nH]c1=O. The van der Waals surface area contributed by atoms with Crippen LogP contribution in [-0.2, 0) is 6.54 Å². The topological polar surface area (TPSA) is 132 Å². The molecule has 0 fully saturated rings. The number of carbonyl (C=O) groups excluding carboxylic acids is 1. The molecule has 0 saturated heterocycles. The average Bonchev–Trinajstić information content (AvgIpc) is 3.17. The van der Waals surface area contributed by atoms with Crippen molar-refractivity contribution in [1.29, 1.82) is 0 Å². The van der Waals surface area contributed by atoms with E-state index in [4.69, 9.17) is 5.73 Å². The summed E-state index contributed by atoms with van der Waals surface area (Å²) in [7, 11) is 0. The number of pyridine rings is 1. The zero-order chi connectivity index (χ0) is 25.2. The maximum Gasteiger partial charge on any atom is 0.330 e. The lowest BCUT2D eigenvalue weighted by atomic mass is 10.1. The third kappa shape index (κ3) is 4.90. The molecule has 0 atom stereocenters.